The Morgan fingerprint density at radius 2 is 2.14 bits per heavy atom. The summed E-state index contributed by atoms with van der Waals surface area (Å²) in [5.74, 6) is -0.391. The lowest BCUT2D eigenvalue weighted by Crippen LogP contribution is -2.23. The van der Waals surface area contributed by atoms with Crippen LogP contribution in [0.5, 0.6) is 0 Å². The smallest absolute Gasteiger partial charge is 0.251 e. The number of hydrogen-bond donors (Lipinski definition) is 2. The van der Waals surface area contributed by atoms with Crippen molar-refractivity contribution in [3.63, 3.8) is 0 Å². The normalized spacial score (nSPS) is 13.2. The molecule has 0 saturated heterocycles. The second-order valence-corrected chi connectivity index (χ2v) is 5.88. The van der Waals surface area contributed by atoms with Crippen LogP contribution in [0.1, 0.15) is 15.9 Å². The van der Waals surface area contributed by atoms with Gasteiger partial charge in [-0.05, 0) is 35.9 Å². The van der Waals surface area contributed by atoms with Gasteiger partial charge in [0.1, 0.15) is 5.82 Å². The molecule has 0 aliphatic carbocycles. The first-order valence-corrected chi connectivity index (χ1v) is 7.70. The van der Waals surface area contributed by atoms with Crippen LogP contribution in [-0.2, 0) is 11.3 Å². The Bertz CT molecular complexity index is 749. The van der Waals surface area contributed by atoms with Crippen molar-refractivity contribution in [3.05, 3.63) is 59.4 Å². The summed E-state index contributed by atoms with van der Waals surface area (Å²) in [5, 5.41) is 5.54. The molecule has 1 aliphatic rings. The molecule has 0 aromatic heterocycles. The summed E-state index contributed by atoms with van der Waals surface area (Å²) in [6, 6.07) is 11.2. The predicted molar refractivity (Wildman–Crippen MR) is 83.4 cm³/mol. The number of anilines is 1. The molecule has 0 bridgehead atoms. The molecule has 4 nitrogen and oxygen atoms in total. The minimum absolute atomic E-state index is 0.0292. The predicted octanol–water partition coefficient (Wildman–Crippen LogP) is 2.80. The van der Waals surface area contributed by atoms with E-state index in [1.807, 2.05) is 18.2 Å². The summed E-state index contributed by atoms with van der Waals surface area (Å²) in [4.78, 5) is 24.4. The quantitative estimate of drug-likeness (QED) is 0.915. The molecule has 0 spiro atoms. The Morgan fingerprint density at radius 3 is 2.95 bits per heavy atom. The molecule has 2 N–H and O–H groups in total. The van der Waals surface area contributed by atoms with E-state index in [4.69, 9.17) is 0 Å². The van der Waals surface area contributed by atoms with Gasteiger partial charge in [0.15, 0.2) is 0 Å². The maximum absolute atomic E-state index is 13.1. The van der Waals surface area contributed by atoms with Gasteiger partial charge >= 0.3 is 0 Å². The second kappa shape index (κ2) is 6.19. The summed E-state index contributed by atoms with van der Waals surface area (Å²) in [6.07, 6.45) is 0. The number of amides is 2. The molecule has 1 aliphatic heterocycles. The number of rotatable bonds is 3. The van der Waals surface area contributed by atoms with E-state index in [1.54, 1.807) is 6.07 Å². The van der Waals surface area contributed by atoms with Gasteiger partial charge < -0.3 is 10.6 Å². The van der Waals surface area contributed by atoms with Gasteiger partial charge in [-0.25, -0.2) is 4.39 Å². The van der Waals surface area contributed by atoms with Gasteiger partial charge in [-0.3, -0.25) is 9.59 Å². The highest BCUT2D eigenvalue weighted by atomic mass is 32.2. The van der Waals surface area contributed by atoms with Crippen molar-refractivity contribution in [1.29, 1.82) is 0 Å². The molecular weight excluding hydrogens is 303 g/mol. The van der Waals surface area contributed by atoms with Gasteiger partial charge in [-0.1, -0.05) is 12.1 Å². The van der Waals surface area contributed by atoms with Gasteiger partial charge in [-0.15, -0.1) is 11.8 Å². The Hall–Kier alpha value is -2.34. The number of benzene rings is 2. The fraction of sp³-hybridized carbons (Fsp3) is 0.125. The fourth-order valence-corrected chi connectivity index (χ4v) is 2.94. The van der Waals surface area contributed by atoms with Crippen LogP contribution < -0.4 is 10.6 Å². The molecule has 112 valence electrons. The molecule has 6 heteroatoms. The average molecular weight is 316 g/mol. The molecule has 2 aromatic rings. The summed E-state index contributed by atoms with van der Waals surface area (Å²) in [6.45, 7) is 0.309. The topological polar surface area (TPSA) is 58.2 Å². The van der Waals surface area contributed by atoms with E-state index in [-0.39, 0.29) is 17.4 Å². The van der Waals surface area contributed by atoms with Crippen molar-refractivity contribution >= 4 is 29.3 Å². The minimum atomic E-state index is -0.443. The highest BCUT2D eigenvalue weighted by molar-refractivity contribution is 8.00. The standard InChI is InChI=1S/C16H13FN2O2S/c17-12-3-1-2-11(7-12)16(21)18-8-10-4-5-14-13(6-10)19-15(20)9-22-14/h1-7H,8-9H2,(H,18,21)(H,19,20). The average Bonchev–Trinajstić information content (AvgIpc) is 2.52. The van der Waals surface area contributed by atoms with Crippen molar-refractivity contribution < 1.29 is 14.0 Å². The van der Waals surface area contributed by atoms with E-state index in [0.717, 1.165) is 16.1 Å². The van der Waals surface area contributed by atoms with E-state index in [9.17, 15) is 14.0 Å². The Balaban J connectivity index is 1.68. The third kappa shape index (κ3) is 3.28. The summed E-state index contributed by atoms with van der Waals surface area (Å²) >= 11 is 1.49. The number of carbonyl (C=O) groups is 2. The Kier molecular flexibility index (Phi) is 4.11. The van der Waals surface area contributed by atoms with Crippen LogP contribution in [-0.4, -0.2) is 17.6 Å². The first kappa shape index (κ1) is 14.6. The van der Waals surface area contributed by atoms with E-state index in [0.29, 0.717) is 12.3 Å². The van der Waals surface area contributed by atoms with Crippen molar-refractivity contribution in [2.24, 2.45) is 0 Å². The monoisotopic (exact) mass is 316 g/mol. The van der Waals surface area contributed by atoms with Crippen LogP contribution in [0.15, 0.2) is 47.4 Å². The van der Waals surface area contributed by atoms with Crippen LogP contribution in [0.4, 0.5) is 10.1 Å². The number of fused-ring (bicyclic) bond motifs is 1. The minimum Gasteiger partial charge on any atom is -0.348 e. The van der Waals surface area contributed by atoms with Crippen LogP contribution >= 0.6 is 11.8 Å². The van der Waals surface area contributed by atoms with E-state index in [2.05, 4.69) is 10.6 Å². The van der Waals surface area contributed by atoms with E-state index >= 15 is 0 Å². The molecule has 1 heterocycles. The third-order valence-corrected chi connectivity index (χ3v) is 4.29. The van der Waals surface area contributed by atoms with Gasteiger partial charge in [-0.2, -0.15) is 0 Å². The number of carbonyl (C=O) groups excluding carboxylic acids is 2. The van der Waals surface area contributed by atoms with Crippen molar-refractivity contribution in [1.82, 2.24) is 5.32 Å². The zero-order chi connectivity index (χ0) is 15.5. The summed E-state index contributed by atoms with van der Waals surface area (Å²) < 4.78 is 13.1. The first-order valence-electron chi connectivity index (χ1n) is 6.71. The second-order valence-electron chi connectivity index (χ2n) is 4.86. The number of nitrogens with one attached hydrogen (secondary N) is 2. The summed E-state index contributed by atoms with van der Waals surface area (Å²) in [7, 11) is 0. The summed E-state index contributed by atoms with van der Waals surface area (Å²) in [5.41, 5.74) is 1.91. The lowest BCUT2D eigenvalue weighted by atomic mass is 10.1. The number of thioether (sulfide) groups is 1. The SMILES string of the molecule is O=C1CSc2ccc(CNC(=O)c3cccc(F)c3)cc2N1. The van der Waals surface area contributed by atoms with Crippen molar-refractivity contribution in [3.8, 4) is 0 Å². The largest absolute Gasteiger partial charge is 0.348 e. The molecule has 2 aromatic carbocycles. The van der Waals surface area contributed by atoms with Crippen molar-refractivity contribution in [2.45, 2.75) is 11.4 Å². The zero-order valence-electron chi connectivity index (χ0n) is 11.6. The lowest BCUT2D eigenvalue weighted by molar-refractivity contribution is -0.113. The van der Waals surface area contributed by atoms with Crippen molar-refractivity contribution in [2.75, 3.05) is 11.1 Å². The molecule has 2 amide bonds. The fourth-order valence-electron chi connectivity index (χ4n) is 2.15. The highest BCUT2D eigenvalue weighted by Crippen LogP contribution is 2.31. The molecule has 0 fully saturated rings. The maximum Gasteiger partial charge on any atom is 0.251 e. The van der Waals surface area contributed by atoms with Gasteiger partial charge in [0.2, 0.25) is 5.91 Å². The molecule has 3 rings (SSSR count). The van der Waals surface area contributed by atoms with Crippen LogP contribution in [0.3, 0.4) is 0 Å². The first-order chi connectivity index (χ1) is 10.6. The molecule has 22 heavy (non-hydrogen) atoms. The molecule has 0 saturated carbocycles. The van der Waals surface area contributed by atoms with Gasteiger partial charge in [0.25, 0.3) is 5.91 Å². The lowest BCUT2D eigenvalue weighted by Gasteiger charge is -2.17. The molecular formula is C16H13FN2O2S. The molecule has 0 radical (unpaired) electrons. The van der Waals surface area contributed by atoms with Gasteiger partial charge in [0, 0.05) is 17.0 Å². The highest BCUT2D eigenvalue weighted by Gasteiger charge is 2.15. The molecule has 0 unspecified atom stereocenters. The van der Waals surface area contributed by atoms with E-state index in [1.165, 1.54) is 30.0 Å². The maximum atomic E-state index is 13.1. The molecule has 0 atom stereocenters. The Morgan fingerprint density at radius 1 is 1.27 bits per heavy atom. The van der Waals surface area contributed by atoms with Gasteiger partial charge in [0.05, 0.1) is 11.4 Å². The van der Waals surface area contributed by atoms with E-state index < -0.39 is 5.82 Å². The number of hydrogen-bond acceptors (Lipinski definition) is 3. The van der Waals surface area contributed by atoms with Crippen LogP contribution in [0, 0.1) is 5.82 Å². The van der Waals surface area contributed by atoms with Crippen LogP contribution in [0.25, 0.3) is 0 Å². The Labute approximate surface area is 131 Å². The zero-order valence-corrected chi connectivity index (χ0v) is 12.4. The third-order valence-electron chi connectivity index (χ3n) is 3.22. The number of halogens is 1. The van der Waals surface area contributed by atoms with Crippen LogP contribution in [0.2, 0.25) is 0 Å².